The fraction of sp³-hybridized carbons (Fsp3) is 0.524. The molecule has 0 unspecified atom stereocenters. The van der Waals surface area contributed by atoms with Crippen LogP contribution in [-0.4, -0.2) is 47.3 Å². The largest absolute Gasteiger partial charge is 0.451 e. The van der Waals surface area contributed by atoms with Crippen molar-refractivity contribution in [3.8, 4) is 0 Å². The van der Waals surface area contributed by atoms with Gasteiger partial charge in [-0.05, 0) is 37.3 Å². The van der Waals surface area contributed by atoms with Gasteiger partial charge in [0.1, 0.15) is 6.54 Å². The summed E-state index contributed by atoms with van der Waals surface area (Å²) in [6.45, 7) is 5.27. The third-order valence-electron chi connectivity index (χ3n) is 5.88. The van der Waals surface area contributed by atoms with E-state index in [0.29, 0.717) is 11.8 Å². The van der Waals surface area contributed by atoms with Crippen molar-refractivity contribution < 1.29 is 23.9 Å². The molecule has 1 aromatic rings. The Bertz CT molecular complexity index is 771. The summed E-state index contributed by atoms with van der Waals surface area (Å²) in [5, 5.41) is 2.97. The van der Waals surface area contributed by atoms with Crippen LogP contribution in [0.15, 0.2) is 24.3 Å². The fourth-order valence-electron chi connectivity index (χ4n) is 3.89. The number of hydrogen-bond donors (Lipinski definition) is 1. The third kappa shape index (κ3) is 3.93. The molecule has 0 radical (unpaired) electrons. The molecule has 1 heterocycles. The predicted octanol–water partition coefficient (Wildman–Crippen LogP) is 2.16. The first-order valence-electron chi connectivity index (χ1n) is 9.74. The zero-order valence-electron chi connectivity index (χ0n) is 16.4. The van der Waals surface area contributed by atoms with Crippen LogP contribution in [0.2, 0.25) is 0 Å². The van der Waals surface area contributed by atoms with Crippen LogP contribution in [0.3, 0.4) is 0 Å². The number of benzene rings is 1. The summed E-state index contributed by atoms with van der Waals surface area (Å²) < 4.78 is 5.18. The molecule has 28 heavy (non-hydrogen) atoms. The average Bonchev–Trinajstić information content (AvgIpc) is 2.90. The monoisotopic (exact) mass is 386 g/mol. The zero-order valence-corrected chi connectivity index (χ0v) is 16.4. The molecule has 3 rings (SSSR count). The molecule has 2 aliphatic rings. The normalized spacial score (nSPS) is 25.2. The number of amides is 3. The lowest BCUT2D eigenvalue weighted by atomic mass is 9.78. The molecule has 3 amide bonds. The minimum absolute atomic E-state index is 0.0636. The minimum Gasteiger partial charge on any atom is -0.451 e. The highest BCUT2D eigenvalue weighted by atomic mass is 16.5. The van der Waals surface area contributed by atoms with Crippen molar-refractivity contribution in [2.24, 2.45) is 11.8 Å². The molecule has 1 aromatic carbocycles. The molecular formula is C21H26N2O5. The summed E-state index contributed by atoms with van der Waals surface area (Å²) in [4.78, 5) is 50.1. The van der Waals surface area contributed by atoms with Crippen molar-refractivity contribution in [1.82, 2.24) is 10.2 Å². The Balaban J connectivity index is 1.54. The van der Waals surface area contributed by atoms with Gasteiger partial charge in [0.05, 0.1) is 11.1 Å². The van der Waals surface area contributed by atoms with Gasteiger partial charge in [0, 0.05) is 6.04 Å². The van der Waals surface area contributed by atoms with Crippen LogP contribution in [0.4, 0.5) is 0 Å². The van der Waals surface area contributed by atoms with E-state index in [2.05, 4.69) is 19.2 Å². The van der Waals surface area contributed by atoms with Gasteiger partial charge in [-0.1, -0.05) is 38.8 Å². The quantitative estimate of drug-likeness (QED) is 0.618. The molecule has 7 nitrogen and oxygen atoms in total. The molecule has 0 bridgehead atoms. The van der Waals surface area contributed by atoms with E-state index >= 15 is 0 Å². The van der Waals surface area contributed by atoms with Crippen LogP contribution in [0.5, 0.6) is 0 Å². The van der Waals surface area contributed by atoms with Crippen molar-refractivity contribution in [3.63, 3.8) is 0 Å². The van der Waals surface area contributed by atoms with Crippen LogP contribution in [0, 0.1) is 11.8 Å². The van der Waals surface area contributed by atoms with E-state index in [1.807, 2.05) is 0 Å². The van der Waals surface area contributed by atoms with Crippen molar-refractivity contribution in [1.29, 1.82) is 0 Å². The number of hydrogen-bond acceptors (Lipinski definition) is 5. The van der Waals surface area contributed by atoms with Crippen LogP contribution in [-0.2, 0) is 14.3 Å². The summed E-state index contributed by atoms with van der Waals surface area (Å²) in [7, 11) is 0. The number of rotatable bonds is 5. The lowest BCUT2D eigenvalue weighted by molar-refractivity contribution is -0.155. The second-order valence-electron chi connectivity index (χ2n) is 7.76. The summed E-state index contributed by atoms with van der Waals surface area (Å²) >= 11 is 0. The maximum atomic E-state index is 12.4. The Hall–Kier alpha value is -2.70. The lowest BCUT2D eigenvalue weighted by Crippen LogP contribution is -2.48. The Labute approximate surface area is 164 Å². The van der Waals surface area contributed by atoms with Gasteiger partial charge in [0.25, 0.3) is 17.7 Å². The molecule has 0 saturated heterocycles. The highest BCUT2D eigenvalue weighted by molar-refractivity contribution is 6.22. The number of fused-ring (bicyclic) bond motifs is 1. The first-order valence-corrected chi connectivity index (χ1v) is 9.74. The van der Waals surface area contributed by atoms with Gasteiger partial charge in [0.2, 0.25) is 0 Å². The van der Waals surface area contributed by atoms with E-state index in [-0.39, 0.29) is 23.1 Å². The van der Waals surface area contributed by atoms with Gasteiger partial charge in [-0.15, -0.1) is 0 Å². The maximum Gasteiger partial charge on any atom is 0.326 e. The standard InChI is InChI=1S/C21H26N2O5/c1-12-7-6-10-17(13(12)2)22-19(25)14(3)28-18(24)11-23-20(26)15-8-4-5-9-16(15)21(23)27/h4-5,8-9,12-14,17H,6-7,10-11H2,1-3H3,(H,22,25)/t12-,13-,14-,17+/m1/s1. The molecule has 0 spiro atoms. The number of nitrogens with one attached hydrogen (secondary N) is 1. The molecule has 1 aliphatic heterocycles. The van der Waals surface area contributed by atoms with Gasteiger partial charge in [-0.3, -0.25) is 24.1 Å². The predicted molar refractivity (Wildman–Crippen MR) is 101 cm³/mol. The molecule has 1 N–H and O–H groups in total. The van der Waals surface area contributed by atoms with E-state index in [1.54, 1.807) is 24.3 Å². The number of esters is 1. The third-order valence-corrected chi connectivity index (χ3v) is 5.88. The Morgan fingerprint density at radius 1 is 1.14 bits per heavy atom. The minimum atomic E-state index is -0.993. The molecule has 7 heteroatoms. The highest BCUT2D eigenvalue weighted by Crippen LogP contribution is 2.29. The first-order chi connectivity index (χ1) is 13.3. The lowest BCUT2D eigenvalue weighted by Gasteiger charge is -2.35. The molecule has 4 atom stereocenters. The first kappa shape index (κ1) is 20.0. The van der Waals surface area contributed by atoms with Crippen molar-refractivity contribution in [2.45, 2.75) is 52.2 Å². The summed E-state index contributed by atoms with van der Waals surface area (Å²) in [6, 6.07) is 6.47. The SMILES string of the molecule is C[C@@H]1[C@H](C)CCC[C@@H]1NC(=O)[C@@H](C)OC(=O)CN1C(=O)c2ccccc2C1=O. The zero-order chi connectivity index (χ0) is 20.4. The molecule has 0 aromatic heterocycles. The van der Waals surface area contributed by atoms with E-state index in [9.17, 15) is 19.2 Å². The van der Waals surface area contributed by atoms with Crippen LogP contribution in [0.25, 0.3) is 0 Å². The second-order valence-corrected chi connectivity index (χ2v) is 7.76. The van der Waals surface area contributed by atoms with Gasteiger partial charge >= 0.3 is 5.97 Å². The molecule has 1 aliphatic carbocycles. The molecule has 1 fully saturated rings. The Morgan fingerprint density at radius 2 is 1.75 bits per heavy atom. The van der Waals surface area contributed by atoms with Gasteiger partial charge in [-0.2, -0.15) is 0 Å². The Kier molecular flexibility index (Phi) is 5.82. The number of carbonyl (C=O) groups is 4. The van der Waals surface area contributed by atoms with Crippen molar-refractivity contribution in [2.75, 3.05) is 6.54 Å². The second kappa shape index (κ2) is 8.12. The smallest absolute Gasteiger partial charge is 0.326 e. The van der Waals surface area contributed by atoms with E-state index in [0.717, 1.165) is 24.2 Å². The number of carbonyl (C=O) groups excluding carboxylic acids is 4. The summed E-state index contributed by atoms with van der Waals surface area (Å²) in [5.74, 6) is -1.31. The van der Waals surface area contributed by atoms with Crippen molar-refractivity contribution >= 4 is 23.7 Å². The highest BCUT2D eigenvalue weighted by Gasteiger charge is 2.37. The van der Waals surface area contributed by atoms with Crippen LogP contribution >= 0.6 is 0 Å². The fourth-order valence-corrected chi connectivity index (χ4v) is 3.89. The number of nitrogens with zero attached hydrogens (tertiary/aromatic N) is 1. The average molecular weight is 386 g/mol. The van der Waals surface area contributed by atoms with Gasteiger partial charge in [0.15, 0.2) is 6.10 Å². The molecular weight excluding hydrogens is 360 g/mol. The van der Waals surface area contributed by atoms with Gasteiger partial charge in [-0.25, -0.2) is 0 Å². The van der Waals surface area contributed by atoms with E-state index < -0.39 is 30.4 Å². The summed E-state index contributed by atoms with van der Waals surface area (Å²) in [5.41, 5.74) is 0.540. The van der Waals surface area contributed by atoms with E-state index in [4.69, 9.17) is 4.74 Å². The molecule has 150 valence electrons. The number of imide groups is 1. The molecule has 1 saturated carbocycles. The summed E-state index contributed by atoms with van der Waals surface area (Å²) in [6.07, 6.45) is 2.13. The topological polar surface area (TPSA) is 92.8 Å². The van der Waals surface area contributed by atoms with E-state index in [1.165, 1.54) is 6.92 Å². The number of ether oxygens (including phenoxy) is 1. The van der Waals surface area contributed by atoms with Gasteiger partial charge < -0.3 is 10.1 Å². The van der Waals surface area contributed by atoms with Crippen LogP contribution in [0.1, 0.15) is 60.7 Å². The van der Waals surface area contributed by atoms with Crippen LogP contribution < -0.4 is 5.32 Å². The Morgan fingerprint density at radius 3 is 2.36 bits per heavy atom. The van der Waals surface area contributed by atoms with Crippen molar-refractivity contribution in [3.05, 3.63) is 35.4 Å². The maximum absolute atomic E-state index is 12.4.